The molecule has 0 atom stereocenters. The number of para-hydroxylation sites is 1. The number of nitrogens with zero attached hydrogens (tertiary/aromatic N) is 3. The summed E-state index contributed by atoms with van der Waals surface area (Å²) in [5, 5.41) is 14.4. The second-order valence-corrected chi connectivity index (χ2v) is 9.99. The van der Waals surface area contributed by atoms with Crippen molar-refractivity contribution in [1.29, 1.82) is 5.26 Å². The third kappa shape index (κ3) is 6.73. The normalized spacial score (nSPS) is 13.4. The molecule has 176 valence electrons. The van der Waals surface area contributed by atoms with Crippen molar-refractivity contribution in [3.63, 3.8) is 0 Å². The van der Waals surface area contributed by atoms with E-state index in [1.165, 1.54) is 11.3 Å². The van der Waals surface area contributed by atoms with Gasteiger partial charge in [-0.1, -0.05) is 36.3 Å². The largest absolute Gasteiger partial charge is 0.332 e. The van der Waals surface area contributed by atoms with Crippen LogP contribution in [0.1, 0.15) is 46.2 Å². The molecule has 1 aromatic heterocycles. The smallest absolute Gasteiger partial charge is 0.298 e. The summed E-state index contributed by atoms with van der Waals surface area (Å²) >= 11 is 3.03. The Morgan fingerprint density at radius 2 is 1.86 bits per heavy atom. The van der Waals surface area contributed by atoms with Crippen LogP contribution in [0.2, 0.25) is 0 Å². The van der Waals surface area contributed by atoms with Crippen LogP contribution in [0, 0.1) is 23.2 Å². The lowest BCUT2D eigenvalue weighted by Crippen LogP contribution is -2.37. The van der Waals surface area contributed by atoms with Gasteiger partial charge in [-0.3, -0.25) is 9.59 Å². The number of hydrogen-bond acceptors (Lipinski definition) is 6. The second-order valence-electron chi connectivity index (χ2n) is 7.96. The highest BCUT2D eigenvalue weighted by molar-refractivity contribution is 7.99. The molecule has 4 rings (SSSR count). The van der Waals surface area contributed by atoms with Gasteiger partial charge in [0.2, 0.25) is 0 Å². The van der Waals surface area contributed by atoms with Crippen molar-refractivity contribution >= 4 is 40.6 Å². The van der Waals surface area contributed by atoms with E-state index >= 15 is 0 Å². The van der Waals surface area contributed by atoms with Crippen molar-refractivity contribution in [2.75, 3.05) is 24.2 Å². The Kier molecular flexibility index (Phi) is 8.56. The quantitative estimate of drug-likeness (QED) is 0.287. The van der Waals surface area contributed by atoms with Crippen LogP contribution in [0.4, 0.5) is 5.69 Å². The van der Waals surface area contributed by atoms with Crippen LogP contribution in [0.5, 0.6) is 0 Å². The second kappa shape index (κ2) is 12.2. The summed E-state index contributed by atoms with van der Waals surface area (Å²) in [6.07, 6.45) is 2.05. The van der Waals surface area contributed by atoms with Gasteiger partial charge >= 0.3 is 0 Å². The van der Waals surface area contributed by atoms with Crippen LogP contribution in [-0.2, 0) is 4.79 Å². The average molecular weight is 501 g/mol. The summed E-state index contributed by atoms with van der Waals surface area (Å²) in [6.45, 7) is 1.25. The predicted octanol–water partition coefficient (Wildman–Crippen LogP) is 5.16. The molecule has 1 saturated heterocycles. The van der Waals surface area contributed by atoms with Crippen LogP contribution in [-0.4, -0.2) is 40.5 Å². The number of likely N-dealkylation sites (tertiary alicyclic amines) is 1. The Morgan fingerprint density at radius 3 is 2.63 bits per heavy atom. The van der Waals surface area contributed by atoms with Gasteiger partial charge in [0.25, 0.3) is 11.8 Å². The molecule has 6 nitrogen and oxygen atoms in total. The minimum atomic E-state index is -0.246. The molecule has 8 heteroatoms. The van der Waals surface area contributed by atoms with E-state index in [9.17, 15) is 9.59 Å². The SMILES string of the molecule is N#CCCSc1ccccc1NC(=O)c1csc(C2CCN(C(=O)C#Cc3ccccc3)CC2)n1. The highest BCUT2D eigenvalue weighted by atomic mass is 32.2. The molecule has 0 saturated carbocycles. The number of benzene rings is 2. The zero-order chi connectivity index (χ0) is 24.5. The minimum Gasteiger partial charge on any atom is -0.332 e. The lowest BCUT2D eigenvalue weighted by Gasteiger charge is -2.29. The number of thiazole rings is 1. The number of anilines is 1. The number of hydrogen-bond donors (Lipinski definition) is 1. The number of carbonyl (C=O) groups excluding carboxylic acids is 2. The van der Waals surface area contributed by atoms with Crippen LogP contribution in [0.3, 0.4) is 0 Å². The number of rotatable bonds is 6. The summed E-state index contributed by atoms with van der Waals surface area (Å²) in [6, 6.07) is 19.2. The van der Waals surface area contributed by atoms with Crippen LogP contribution in [0.25, 0.3) is 0 Å². The number of nitrogens with one attached hydrogen (secondary N) is 1. The molecular weight excluding hydrogens is 476 g/mol. The van der Waals surface area contributed by atoms with E-state index in [0.29, 0.717) is 31.0 Å². The topological polar surface area (TPSA) is 86.1 Å². The molecule has 0 aliphatic carbocycles. The molecule has 2 amide bonds. The maximum Gasteiger partial charge on any atom is 0.298 e. The van der Waals surface area contributed by atoms with Gasteiger partial charge in [0.15, 0.2) is 0 Å². The first-order valence-corrected chi connectivity index (χ1v) is 13.2. The van der Waals surface area contributed by atoms with Gasteiger partial charge in [0, 0.05) is 52.9 Å². The molecule has 35 heavy (non-hydrogen) atoms. The Labute approximate surface area is 213 Å². The number of amides is 2. The number of aromatic nitrogens is 1. The minimum absolute atomic E-state index is 0.155. The standard InChI is InChI=1S/C27H24N4O2S2/c28-15-6-18-34-24-10-5-4-9-22(24)29-26(33)23-19-35-27(30-23)21-13-16-31(17-14-21)25(32)12-11-20-7-2-1-3-8-20/h1-5,7-10,19,21H,6,13-14,16-18H2,(H,29,33). The fourth-order valence-corrected chi connectivity index (χ4v) is 5.56. The Morgan fingerprint density at radius 1 is 1.11 bits per heavy atom. The van der Waals surface area contributed by atoms with Crippen LogP contribution >= 0.6 is 23.1 Å². The Hall–Kier alpha value is -3.59. The number of carbonyl (C=O) groups is 2. The highest BCUT2D eigenvalue weighted by Crippen LogP contribution is 2.31. The van der Waals surface area contributed by atoms with Crippen molar-refractivity contribution < 1.29 is 9.59 Å². The van der Waals surface area contributed by atoms with Crippen molar-refractivity contribution in [1.82, 2.24) is 9.88 Å². The zero-order valence-electron chi connectivity index (χ0n) is 19.1. The summed E-state index contributed by atoms with van der Waals surface area (Å²) < 4.78 is 0. The molecule has 1 fully saturated rings. The highest BCUT2D eigenvalue weighted by Gasteiger charge is 2.26. The van der Waals surface area contributed by atoms with E-state index in [4.69, 9.17) is 5.26 Å². The van der Waals surface area contributed by atoms with Crippen LogP contribution in [0.15, 0.2) is 64.9 Å². The maximum atomic E-state index is 12.8. The van der Waals surface area contributed by atoms with E-state index in [-0.39, 0.29) is 17.7 Å². The van der Waals surface area contributed by atoms with Gasteiger partial charge in [-0.05, 0) is 37.1 Å². The van der Waals surface area contributed by atoms with Crippen molar-refractivity contribution in [3.05, 3.63) is 76.2 Å². The zero-order valence-corrected chi connectivity index (χ0v) is 20.7. The van der Waals surface area contributed by atoms with Gasteiger partial charge in [0.1, 0.15) is 5.69 Å². The monoisotopic (exact) mass is 500 g/mol. The number of thioether (sulfide) groups is 1. The third-order valence-electron chi connectivity index (χ3n) is 5.58. The molecular formula is C27H24N4O2S2. The average Bonchev–Trinajstić information content (AvgIpc) is 3.40. The Bertz CT molecular complexity index is 1280. The molecule has 1 aliphatic rings. The molecule has 0 spiro atoms. The molecule has 3 aromatic rings. The lowest BCUT2D eigenvalue weighted by molar-refractivity contribution is -0.126. The van der Waals surface area contributed by atoms with Gasteiger partial charge in [-0.15, -0.1) is 23.1 Å². The molecule has 0 unspecified atom stereocenters. The van der Waals surface area contributed by atoms with Gasteiger partial charge in [-0.2, -0.15) is 5.26 Å². The van der Waals surface area contributed by atoms with Gasteiger partial charge < -0.3 is 10.2 Å². The number of piperidine rings is 1. The number of nitriles is 1. The van der Waals surface area contributed by atoms with E-state index in [1.54, 1.807) is 22.0 Å². The van der Waals surface area contributed by atoms with Gasteiger partial charge in [0.05, 0.1) is 16.8 Å². The molecule has 2 aromatic carbocycles. The van der Waals surface area contributed by atoms with Crippen molar-refractivity contribution in [3.8, 4) is 17.9 Å². The molecule has 0 radical (unpaired) electrons. The molecule has 1 N–H and O–H groups in total. The predicted molar refractivity (Wildman–Crippen MR) is 139 cm³/mol. The maximum absolute atomic E-state index is 12.8. The summed E-state index contributed by atoms with van der Waals surface area (Å²) in [4.78, 5) is 32.6. The first kappa shape index (κ1) is 24.5. The molecule has 1 aliphatic heterocycles. The summed E-state index contributed by atoms with van der Waals surface area (Å²) in [5.41, 5.74) is 1.94. The van der Waals surface area contributed by atoms with E-state index in [1.807, 2.05) is 54.6 Å². The molecule has 2 heterocycles. The first-order valence-electron chi connectivity index (χ1n) is 11.4. The third-order valence-corrected chi connectivity index (χ3v) is 7.66. The van der Waals surface area contributed by atoms with Crippen molar-refractivity contribution in [2.24, 2.45) is 0 Å². The Balaban J connectivity index is 1.32. The van der Waals surface area contributed by atoms with Gasteiger partial charge in [-0.25, -0.2) is 4.98 Å². The van der Waals surface area contributed by atoms with E-state index < -0.39 is 0 Å². The van der Waals surface area contributed by atoms with E-state index in [2.05, 4.69) is 28.2 Å². The fourth-order valence-electron chi connectivity index (χ4n) is 3.72. The first-order chi connectivity index (χ1) is 17.1. The summed E-state index contributed by atoms with van der Waals surface area (Å²) in [7, 11) is 0. The fraction of sp³-hybridized carbons (Fsp3) is 0.259. The molecule has 0 bridgehead atoms. The lowest BCUT2D eigenvalue weighted by atomic mass is 9.97. The van der Waals surface area contributed by atoms with E-state index in [0.717, 1.165) is 34.0 Å². The summed E-state index contributed by atoms with van der Waals surface area (Å²) in [5.74, 6) is 6.16. The van der Waals surface area contributed by atoms with Crippen molar-refractivity contribution in [2.45, 2.75) is 30.1 Å². The van der Waals surface area contributed by atoms with Crippen LogP contribution < -0.4 is 5.32 Å².